The van der Waals surface area contributed by atoms with Crippen LogP contribution < -0.4 is 0 Å². The van der Waals surface area contributed by atoms with Crippen LogP contribution in [0.3, 0.4) is 0 Å². The maximum Gasteiger partial charge on any atom is 0.242 e. The molecule has 2 aromatic carbocycles. The molecule has 0 radical (unpaired) electrons. The van der Waals surface area contributed by atoms with Gasteiger partial charge in [-0.2, -0.15) is 5.10 Å². The summed E-state index contributed by atoms with van der Waals surface area (Å²) in [6.45, 7) is 2.45. The molecule has 1 amide bonds. The van der Waals surface area contributed by atoms with Gasteiger partial charge in [0.1, 0.15) is 5.82 Å². The van der Waals surface area contributed by atoms with Crippen LogP contribution in [-0.4, -0.2) is 27.4 Å². The molecule has 0 N–H and O–H groups in total. The van der Waals surface area contributed by atoms with Gasteiger partial charge in [0, 0.05) is 5.02 Å². The van der Waals surface area contributed by atoms with E-state index in [0.29, 0.717) is 16.7 Å². The Labute approximate surface area is 173 Å². The fourth-order valence-corrected chi connectivity index (χ4v) is 4.04. The van der Waals surface area contributed by atoms with Crippen molar-refractivity contribution >= 4 is 40.7 Å². The number of thioether (sulfide) groups is 1. The van der Waals surface area contributed by atoms with Gasteiger partial charge < -0.3 is 0 Å². The Kier molecular flexibility index (Phi) is 7.23. The van der Waals surface area contributed by atoms with Crippen LogP contribution in [0.15, 0.2) is 58.7 Å². The number of unbranched alkanes of at least 4 members (excludes halogenated alkanes) is 1. The highest BCUT2D eigenvalue weighted by Gasteiger charge is 2.37. The van der Waals surface area contributed by atoms with E-state index in [2.05, 4.69) is 17.1 Å². The van der Waals surface area contributed by atoms with Gasteiger partial charge in [0.25, 0.3) is 0 Å². The van der Waals surface area contributed by atoms with Gasteiger partial charge in [-0.15, -0.1) is 5.10 Å². The van der Waals surface area contributed by atoms with Crippen LogP contribution >= 0.6 is 23.4 Å². The topological polar surface area (TPSA) is 45.0 Å². The first-order valence-electron chi connectivity index (χ1n) is 9.16. The number of halogens is 2. The Balaban J connectivity index is 1.78. The first-order valence-corrected chi connectivity index (χ1v) is 10.4. The molecule has 1 fully saturated rings. The second kappa shape index (κ2) is 9.85. The highest BCUT2D eigenvalue weighted by Crippen LogP contribution is 2.32. The molecule has 0 bridgehead atoms. The average molecular weight is 418 g/mol. The first-order chi connectivity index (χ1) is 13.6. The molecule has 1 aliphatic rings. The van der Waals surface area contributed by atoms with E-state index in [1.165, 1.54) is 23.9 Å². The Bertz CT molecular complexity index is 868. The molecule has 4 nitrogen and oxygen atoms in total. The third-order valence-corrected chi connectivity index (χ3v) is 5.80. The second-order valence-corrected chi connectivity index (χ2v) is 8.08. The van der Waals surface area contributed by atoms with Crippen molar-refractivity contribution in [3.05, 3.63) is 70.5 Å². The lowest BCUT2D eigenvalue weighted by Crippen LogP contribution is -2.31. The minimum Gasteiger partial charge on any atom is -0.284 e. The molecule has 28 heavy (non-hydrogen) atoms. The van der Waals surface area contributed by atoms with Crippen LogP contribution in [0.2, 0.25) is 5.02 Å². The molecule has 3 rings (SSSR count). The molecule has 0 aliphatic carbocycles. The highest BCUT2D eigenvalue weighted by molar-refractivity contribution is 8.15. The molecule has 0 saturated carbocycles. The highest BCUT2D eigenvalue weighted by atomic mass is 35.5. The van der Waals surface area contributed by atoms with Gasteiger partial charge in [-0.05, 0) is 41.8 Å². The number of benzene rings is 2. The smallest absolute Gasteiger partial charge is 0.242 e. The maximum absolute atomic E-state index is 13.2. The third kappa shape index (κ3) is 5.42. The van der Waals surface area contributed by atoms with E-state index in [9.17, 15) is 9.18 Å². The van der Waals surface area contributed by atoms with E-state index >= 15 is 0 Å². The number of hydrogen-bond acceptors (Lipinski definition) is 4. The average Bonchev–Trinajstić information content (AvgIpc) is 2.98. The maximum atomic E-state index is 13.2. The summed E-state index contributed by atoms with van der Waals surface area (Å²) in [6, 6.07) is 13.4. The summed E-state index contributed by atoms with van der Waals surface area (Å²) < 4.78 is 13.2. The molecule has 7 heteroatoms. The van der Waals surface area contributed by atoms with E-state index in [-0.39, 0.29) is 17.0 Å². The van der Waals surface area contributed by atoms with E-state index in [1.54, 1.807) is 35.4 Å². The second-order valence-electron chi connectivity index (χ2n) is 6.48. The molecule has 0 aromatic heterocycles. The Morgan fingerprint density at radius 3 is 2.57 bits per heavy atom. The number of rotatable bonds is 7. The van der Waals surface area contributed by atoms with Crippen molar-refractivity contribution in [2.45, 2.75) is 38.0 Å². The molecule has 0 unspecified atom stereocenters. The van der Waals surface area contributed by atoms with E-state index in [0.717, 1.165) is 30.4 Å². The summed E-state index contributed by atoms with van der Waals surface area (Å²) in [5.74, 6) is -0.267. The lowest BCUT2D eigenvalue weighted by molar-refractivity contribution is -0.126. The SMILES string of the molecule is CCCC[C@H]1S/C(=N\N=C/c2ccc(Cl)cc2)N(Cc2ccc(F)cc2)C1=O. The van der Waals surface area contributed by atoms with Crippen molar-refractivity contribution in [1.29, 1.82) is 0 Å². The van der Waals surface area contributed by atoms with Crippen LogP contribution in [0.25, 0.3) is 0 Å². The Hall–Kier alpha value is -2.18. The molecule has 1 saturated heterocycles. The number of nitrogens with zero attached hydrogens (tertiary/aromatic N) is 3. The predicted octanol–water partition coefficient (Wildman–Crippen LogP) is 5.50. The number of amidine groups is 1. The lowest BCUT2D eigenvalue weighted by atomic mass is 10.1. The Morgan fingerprint density at radius 1 is 1.18 bits per heavy atom. The molecule has 146 valence electrons. The first kappa shape index (κ1) is 20.6. The summed E-state index contributed by atoms with van der Waals surface area (Å²) in [5, 5.41) is 9.52. The van der Waals surface area contributed by atoms with Gasteiger partial charge >= 0.3 is 0 Å². The zero-order valence-electron chi connectivity index (χ0n) is 15.5. The van der Waals surface area contributed by atoms with Gasteiger partial charge in [0.2, 0.25) is 5.91 Å². The number of amides is 1. The van der Waals surface area contributed by atoms with E-state index in [4.69, 9.17) is 11.6 Å². The van der Waals surface area contributed by atoms with Crippen LogP contribution in [0.1, 0.15) is 37.3 Å². The fraction of sp³-hybridized carbons (Fsp3) is 0.286. The number of hydrogen-bond donors (Lipinski definition) is 0. The quantitative estimate of drug-likeness (QED) is 0.440. The zero-order chi connectivity index (χ0) is 19.9. The predicted molar refractivity (Wildman–Crippen MR) is 114 cm³/mol. The molecule has 2 aromatic rings. The van der Waals surface area contributed by atoms with Crippen molar-refractivity contribution in [2.24, 2.45) is 10.2 Å². The molecular weight excluding hydrogens is 397 g/mol. The van der Waals surface area contributed by atoms with Gasteiger partial charge in [-0.1, -0.05) is 67.4 Å². The van der Waals surface area contributed by atoms with Crippen molar-refractivity contribution < 1.29 is 9.18 Å². The van der Waals surface area contributed by atoms with Crippen molar-refractivity contribution in [3.63, 3.8) is 0 Å². The molecule has 1 atom stereocenters. The number of carbonyl (C=O) groups is 1. The van der Waals surface area contributed by atoms with Crippen LogP contribution in [0.5, 0.6) is 0 Å². The fourth-order valence-electron chi connectivity index (χ4n) is 2.77. The summed E-state index contributed by atoms with van der Waals surface area (Å²) >= 11 is 7.33. The summed E-state index contributed by atoms with van der Waals surface area (Å²) in [7, 11) is 0. The third-order valence-electron chi connectivity index (χ3n) is 4.31. The van der Waals surface area contributed by atoms with Gasteiger partial charge in [-0.25, -0.2) is 4.39 Å². The Morgan fingerprint density at radius 2 is 1.89 bits per heavy atom. The minimum atomic E-state index is -0.298. The molecule has 1 heterocycles. The molecule has 1 aliphatic heterocycles. The van der Waals surface area contributed by atoms with Crippen molar-refractivity contribution in [3.8, 4) is 0 Å². The largest absolute Gasteiger partial charge is 0.284 e. The summed E-state index contributed by atoms with van der Waals surface area (Å²) in [4.78, 5) is 14.5. The van der Waals surface area contributed by atoms with Gasteiger partial charge in [0.05, 0.1) is 18.0 Å². The van der Waals surface area contributed by atoms with Gasteiger partial charge in [-0.3, -0.25) is 9.69 Å². The number of carbonyl (C=O) groups excluding carboxylic acids is 1. The van der Waals surface area contributed by atoms with E-state index in [1.807, 2.05) is 12.1 Å². The van der Waals surface area contributed by atoms with Gasteiger partial charge in [0.15, 0.2) is 5.17 Å². The monoisotopic (exact) mass is 417 g/mol. The van der Waals surface area contributed by atoms with E-state index < -0.39 is 0 Å². The van der Waals surface area contributed by atoms with Crippen LogP contribution in [0, 0.1) is 5.82 Å². The van der Waals surface area contributed by atoms with Crippen molar-refractivity contribution in [1.82, 2.24) is 4.90 Å². The standard InChI is InChI=1S/C21H21ClFN3OS/c1-2-3-4-19-20(27)26(14-16-7-11-18(23)12-8-16)21(28-19)25-24-13-15-5-9-17(22)10-6-15/h5-13,19H,2-4,14H2,1H3/b24-13-,25-21-/t19-/m1/s1. The van der Waals surface area contributed by atoms with Crippen LogP contribution in [0.4, 0.5) is 4.39 Å². The summed E-state index contributed by atoms with van der Waals surface area (Å²) in [6.07, 6.45) is 4.45. The minimum absolute atomic E-state index is 0.0308. The molecule has 0 spiro atoms. The van der Waals surface area contributed by atoms with Crippen molar-refractivity contribution in [2.75, 3.05) is 0 Å². The normalized spacial score (nSPS) is 18.5. The lowest BCUT2D eigenvalue weighted by Gasteiger charge is -2.15. The molecular formula is C21H21ClFN3OS. The van der Waals surface area contributed by atoms with Crippen LogP contribution in [-0.2, 0) is 11.3 Å². The zero-order valence-corrected chi connectivity index (χ0v) is 17.1. The summed E-state index contributed by atoms with van der Waals surface area (Å²) in [5.41, 5.74) is 1.72.